The molecule has 5 heteroatoms. The molecule has 0 fully saturated rings. The van der Waals surface area contributed by atoms with E-state index in [1.807, 2.05) is 13.8 Å². The monoisotopic (exact) mass is 272 g/mol. The molecule has 1 amide bonds. The molecule has 1 N–H and O–H groups in total. The minimum absolute atomic E-state index is 0.179. The quantitative estimate of drug-likeness (QED) is 0.926. The molecule has 0 saturated carbocycles. The van der Waals surface area contributed by atoms with Gasteiger partial charge in [-0.15, -0.1) is 5.10 Å². The van der Waals surface area contributed by atoms with Crippen LogP contribution in [0.15, 0.2) is 30.5 Å². The summed E-state index contributed by atoms with van der Waals surface area (Å²) in [5.41, 5.74) is 2.35. The van der Waals surface area contributed by atoms with Crippen LogP contribution in [-0.4, -0.2) is 20.9 Å². The van der Waals surface area contributed by atoms with Crippen molar-refractivity contribution >= 4 is 5.91 Å². The van der Waals surface area contributed by atoms with E-state index in [0.29, 0.717) is 5.69 Å². The highest BCUT2D eigenvalue weighted by molar-refractivity contribution is 5.92. The van der Waals surface area contributed by atoms with Gasteiger partial charge in [-0.1, -0.05) is 36.4 Å². The second-order valence-corrected chi connectivity index (χ2v) is 5.37. The zero-order valence-corrected chi connectivity index (χ0v) is 12.3. The van der Waals surface area contributed by atoms with Crippen LogP contribution in [0.5, 0.6) is 0 Å². The summed E-state index contributed by atoms with van der Waals surface area (Å²) < 4.78 is 1.46. The predicted molar refractivity (Wildman–Crippen MR) is 77.3 cm³/mol. The molecule has 0 saturated heterocycles. The normalized spacial score (nSPS) is 11.4. The average molecular weight is 272 g/mol. The number of carbonyl (C=O) groups excluding carboxylic acids is 1. The van der Waals surface area contributed by atoms with E-state index in [2.05, 4.69) is 46.8 Å². The molecule has 0 aliphatic heterocycles. The number of amides is 1. The molecule has 106 valence electrons. The summed E-state index contributed by atoms with van der Waals surface area (Å²) >= 11 is 0. The largest absolute Gasteiger partial charge is 0.342 e. The van der Waals surface area contributed by atoms with Gasteiger partial charge in [0.15, 0.2) is 0 Å². The van der Waals surface area contributed by atoms with Gasteiger partial charge in [-0.3, -0.25) is 4.79 Å². The highest BCUT2D eigenvalue weighted by Crippen LogP contribution is 2.21. The lowest BCUT2D eigenvalue weighted by Gasteiger charge is -2.27. The van der Waals surface area contributed by atoms with E-state index in [9.17, 15) is 4.79 Å². The molecule has 5 nitrogen and oxygen atoms in total. The number of nitrogens with one attached hydrogen (secondary N) is 1. The fourth-order valence-corrected chi connectivity index (χ4v) is 2.07. The Labute approximate surface area is 119 Å². The third-order valence-electron chi connectivity index (χ3n) is 3.46. The fourth-order valence-electron chi connectivity index (χ4n) is 2.07. The van der Waals surface area contributed by atoms with Crippen LogP contribution in [0.4, 0.5) is 0 Å². The van der Waals surface area contributed by atoms with Gasteiger partial charge >= 0.3 is 0 Å². The molecule has 0 aliphatic carbocycles. The SMILES string of the molecule is CCc1ccc(C(C)(C)NC(=O)c2cnnn2C)cc1. The van der Waals surface area contributed by atoms with Crippen molar-refractivity contribution in [3.63, 3.8) is 0 Å². The van der Waals surface area contributed by atoms with Crippen molar-refractivity contribution in [2.45, 2.75) is 32.7 Å². The summed E-state index contributed by atoms with van der Waals surface area (Å²) in [5.74, 6) is -0.179. The molecule has 2 aromatic rings. The molecule has 0 aliphatic rings. The van der Waals surface area contributed by atoms with E-state index >= 15 is 0 Å². The van der Waals surface area contributed by atoms with Gasteiger partial charge in [0.25, 0.3) is 5.91 Å². The van der Waals surface area contributed by atoms with Gasteiger partial charge in [-0.05, 0) is 31.4 Å². The van der Waals surface area contributed by atoms with Gasteiger partial charge in [0.05, 0.1) is 11.7 Å². The van der Waals surface area contributed by atoms with Crippen molar-refractivity contribution in [3.05, 3.63) is 47.3 Å². The van der Waals surface area contributed by atoms with Crippen molar-refractivity contribution in [1.29, 1.82) is 0 Å². The van der Waals surface area contributed by atoms with Crippen LogP contribution in [0.25, 0.3) is 0 Å². The Morgan fingerprint density at radius 3 is 2.45 bits per heavy atom. The summed E-state index contributed by atoms with van der Waals surface area (Å²) in [6, 6.07) is 8.30. The molecule has 1 heterocycles. The van der Waals surface area contributed by atoms with E-state index in [1.165, 1.54) is 16.4 Å². The van der Waals surface area contributed by atoms with Crippen LogP contribution in [0.3, 0.4) is 0 Å². The van der Waals surface area contributed by atoms with Crippen LogP contribution >= 0.6 is 0 Å². The number of benzene rings is 1. The number of aryl methyl sites for hydroxylation is 2. The number of hydrogen-bond acceptors (Lipinski definition) is 3. The maximum absolute atomic E-state index is 12.2. The molecule has 2 rings (SSSR count). The standard InChI is InChI=1S/C15H20N4O/c1-5-11-6-8-12(9-7-11)15(2,3)17-14(20)13-10-16-18-19(13)4/h6-10H,5H2,1-4H3,(H,17,20). The number of rotatable bonds is 4. The molecule has 0 atom stereocenters. The highest BCUT2D eigenvalue weighted by Gasteiger charge is 2.24. The Hall–Kier alpha value is -2.17. The molecule has 20 heavy (non-hydrogen) atoms. The van der Waals surface area contributed by atoms with Gasteiger partial charge in [0, 0.05) is 7.05 Å². The van der Waals surface area contributed by atoms with Crippen molar-refractivity contribution in [2.24, 2.45) is 7.05 Å². The molecule has 0 radical (unpaired) electrons. The zero-order valence-electron chi connectivity index (χ0n) is 12.3. The van der Waals surface area contributed by atoms with E-state index in [1.54, 1.807) is 7.05 Å². The van der Waals surface area contributed by atoms with E-state index in [4.69, 9.17) is 0 Å². The lowest BCUT2D eigenvalue weighted by atomic mass is 9.93. The Balaban J connectivity index is 2.17. The van der Waals surface area contributed by atoms with Crippen LogP contribution < -0.4 is 5.32 Å². The average Bonchev–Trinajstić information content (AvgIpc) is 2.84. The lowest BCUT2D eigenvalue weighted by molar-refractivity contribution is 0.0902. The van der Waals surface area contributed by atoms with Gasteiger partial charge in [-0.2, -0.15) is 0 Å². The zero-order chi connectivity index (χ0) is 14.8. The van der Waals surface area contributed by atoms with Crippen molar-refractivity contribution in [3.8, 4) is 0 Å². The molecule has 1 aromatic heterocycles. The first-order valence-electron chi connectivity index (χ1n) is 6.70. The topological polar surface area (TPSA) is 59.8 Å². The minimum Gasteiger partial charge on any atom is -0.342 e. The molecule has 0 unspecified atom stereocenters. The maximum atomic E-state index is 12.2. The summed E-state index contributed by atoms with van der Waals surface area (Å²) in [4.78, 5) is 12.2. The Morgan fingerprint density at radius 1 is 1.30 bits per heavy atom. The minimum atomic E-state index is -0.451. The Bertz CT molecular complexity index is 599. The van der Waals surface area contributed by atoms with Crippen molar-refractivity contribution in [1.82, 2.24) is 20.3 Å². The molecule has 1 aromatic carbocycles. The Kier molecular flexibility index (Phi) is 3.88. The summed E-state index contributed by atoms with van der Waals surface area (Å²) in [5, 5.41) is 10.5. The predicted octanol–water partition coefficient (Wildman–Crippen LogP) is 2.04. The van der Waals surface area contributed by atoms with Crippen LogP contribution in [0, 0.1) is 0 Å². The summed E-state index contributed by atoms with van der Waals surface area (Å²) in [7, 11) is 1.70. The van der Waals surface area contributed by atoms with Gasteiger partial charge in [-0.25, -0.2) is 4.68 Å². The third kappa shape index (κ3) is 2.87. The third-order valence-corrected chi connectivity index (χ3v) is 3.46. The summed E-state index contributed by atoms with van der Waals surface area (Å²) in [6.07, 6.45) is 2.47. The molecular formula is C15H20N4O. The van der Waals surface area contributed by atoms with Crippen LogP contribution in [0.1, 0.15) is 42.4 Å². The number of hydrogen-bond donors (Lipinski definition) is 1. The summed E-state index contributed by atoms with van der Waals surface area (Å²) in [6.45, 7) is 6.09. The number of aromatic nitrogens is 3. The van der Waals surface area contributed by atoms with Crippen LogP contribution in [-0.2, 0) is 19.0 Å². The molecular weight excluding hydrogens is 252 g/mol. The van der Waals surface area contributed by atoms with Gasteiger partial charge < -0.3 is 5.32 Å². The first kappa shape index (κ1) is 14.2. The first-order valence-corrected chi connectivity index (χ1v) is 6.70. The molecule has 0 spiro atoms. The fraction of sp³-hybridized carbons (Fsp3) is 0.400. The maximum Gasteiger partial charge on any atom is 0.271 e. The van der Waals surface area contributed by atoms with Crippen molar-refractivity contribution < 1.29 is 4.79 Å². The number of carbonyl (C=O) groups is 1. The van der Waals surface area contributed by atoms with Gasteiger partial charge in [0.2, 0.25) is 0 Å². The second kappa shape index (κ2) is 5.45. The van der Waals surface area contributed by atoms with E-state index in [0.717, 1.165) is 12.0 Å². The highest BCUT2D eigenvalue weighted by atomic mass is 16.2. The number of nitrogens with zero attached hydrogens (tertiary/aromatic N) is 3. The first-order chi connectivity index (χ1) is 9.44. The van der Waals surface area contributed by atoms with Crippen molar-refractivity contribution in [2.75, 3.05) is 0 Å². The lowest BCUT2D eigenvalue weighted by Crippen LogP contribution is -2.41. The van der Waals surface area contributed by atoms with Gasteiger partial charge in [0.1, 0.15) is 5.69 Å². The van der Waals surface area contributed by atoms with E-state index < -0.39 is 5.54 Å². The smallest absolute Gasteiger partial charge is 0.271 e. The van der Waals surface area contributed by atoms with E-state index in [-0.39, 0.29) is 5.91 Å². The second-order valence-electron chi connectivity index (χ2n) is 5.37. The molecule has 0 bridgehead atoms. The Morgan fingerprint density at radius 2 is 1.95 bits per heavy atom. The van der Waals surface area contributed by atoms with Crippen LogP contribution in [0.2, 0.25) is 0 Å².